The van der Waals surface area contributed by atoms with Crippen molar-refractivity contribution in [1.29, 1.82) is 0 Å². The van der Waals surface area contributed by atoms with Gasteiger partial charge in [-0.05, 0) is 12.8 Å². The molecule has 1 aliphatic heterocycles. The lowest BCUT2D eigenvalue weighted by Gasteiger charge is -2.26. The molecule has 0 aliphatic carbocycles. The number of carbonyl (C=O) groups is 3. The zero-order valence-electron chi connectivity index (χ0n) is 12.5. The number of amides is 2. The molecule has 1 saturated heterocycles. The fraction of sp³-hybridized carbons (Fsp3) is 0.769. The Morgan fingerprint density at radius 1 is 1.29 bits per heavy atom. The highest BCUT2D eigenvalue weighted by atomic mass is 16.6. The minimum absolute atomic E-state index is 0.204. The van der Waals surface area contributed by atoms with Crippen molar-refractivity contribution < 1.29 is 23.9 Å². The maximum Gasteiger partial charge on any atom is 0.409 e. The molecule has 1 aliphatic rings. The van der Waals surface area contributed by atoms with Gasteiger partial charge in [-0.15, -0.1) is 0 Å². The highest BCUT2D eigenvalue weighted by Gasteiger charge is 2.21. The van der Waals surface area contributed by atoms with Gasteiger partial charge in [-0.25, -0.2) is 9.59 Å². The highest BCUT2D eigenvalue weighted by molar-refractivity contribution is 5.83. The van der Waals surface area contributed by atoms with Crippen LogP contribution in [0.4, 0.5) is 4.79 Å². The van der Waals surface area contributed by atoms with Gasteiger partial charge in [0.25, 0.3) is 0 Å². The van der Waals surface area contributed by atoms with E-state index in [0.717, 1.165) is 13.1 Å². The van der Waals surface area contributed by atoms with Crippen molar-refractivity contribution in [3.05, 3.63) is 0 Å². The van der Waals surface area contributed by atoms with Gasteiger partial charge >= 0.3 is 12.1 Å². The van der Waals surface area contributed by atoms with Crippen LogP contribution in [0.5, 0.6) is 0 Å². The summed E-state index contributed by atoms with van der Waals surface area (Å²) in [7, 11) is 1.27. The number of hydrogen-bond acceptors (Lipinski definition) is 6. The summed E-state index contributed by atoms with van der Waals surface area (Å²) in [6.45, 7) is 4.34. The monoisotopic (exact) mass is 301 g/mol. The molecule has 21 heavy (non-hydrogen) atoms. The first-order chi connectivity index (χ1) is 10.0. The molecule has 1 fully saturated rings. The lowest BCUT2D eigenvalue weighted by atomic mass is 10.1. The molecule has 1 rings (SSSR count). The first-order valence-corrected chi connectivity index (χ1v) is 7.02. The van der Waals surface area contributed by atoms with Gasteiger partial charge in [-0.1, -0.05) is 0 Å². The van der Waals surface area contributed by atoms with Gasteiger partial charge in [0.05, 0.1) is 13.7 Å². The molecule has 0 bridgehead atoms. The van der Waals surface area contributed by atoms with Crippen LogP contribution < -0.4 is 10.6 Å². The largest absolute Gasteiger partial charge is 0.467 e. The Balaban J connectivity index is 2.25. The van der Waals surface area contributed by atoms with Gasteiger partial charge < -0.3 is 25.0 Å². The summed E-state index contributed by atoms with van der Waals surface area (Å²) in [5, 5.41) is 5.66. The third kappa shape index (κ3) is 6.44. The number of nitrogens with zero attached hydrogens (tertiary/aromatic N) is 1. The zero-order chi connectivity index (χ0) is 15.7. The molecule has 0 spiro atoms. The van der Waals surface area contributed by atoms with E-state index in [1.807, 2.05) is 0 Å². The van der Waals surface area contributed by atoms with Crippen molar-refractivity contribution in [3.8, 4) is 0 Å². The Bertz CT molecular complexity index is 369. The molecule has 1 heterocycles. The molecule has 0 aromatic heterocycles. The van der Waals surface area contributed by atoms with E-state index in [0.29, 0.717) is 25.9 Å². The summed E-state index contributed by atoms with van der Waals surface area (Å²) in [4.78, 5) is 35.8. The minimum Gasteiger partial charge on any atom is -0.467 e. The maximum atomic E-state index is 11.7. The van der Waals surface area contributed by atoms with Crippen molar-refractivity contribution in [2.24, 2.45) is 0 Å². The van der Waals surface area contributed by atoms with E-state index in [2.05, 4.69) is 15.4 Å². The average Bonchev–Trinajstić information content (AvgIpc) is 2.49. The topological polar surface area (TPSA) is 97.0 Å². The number of carbonyl (C=O) groups excluding carboxylic acids is 3. The van der Waals surface area contributed by atoms with E-state index in [1.165, 1.54) is 14.0 Å². The Morgan fingerprint density at radius 2 is 1.95 bits per heavy atom. The second-order valence-corrected chi connectivity index (χ2v) is 4.77. The predicted molar refractivity (Wildman–Crippen MR) is 74.6 cm³/mol. The number of ether oxygens (including phenoxy) is 2. The SMILES string of the molecule is COC(=O)C(CCCOC(=O)N1CCNCC1)NC(C)=O. The molecule has 8 heteroatoms. The molecule has 0 radical (unpaired) electrons. The van der Waals surface area contributed by atoms with Gasteiger partial charge in [-0.2, -0.15) is 0 Å². The summed E-state index contributed by atoms with van der Waals surface area (Å²) >= 11 is 0. The fourth-order valence-electron chi connectivity index (χ4n) is 2.02. The molecular weight excluding hydrogens is 278 g/mol. The Kier molecular flexibility index (Phi) is 7.52. The number of rotatable bonds is 6. The number of methoxy groups -OCH3 is 1. The van der Waals surface area contributed by atoms with Crippen molar-refractivity contribution in [2.45, 2.75) is 25.8 Å². The molecule has 1 unspecified atom stereocenters. The Morgan fingerprint density at radius 3 is 2.52 bits per heavy atom. The highest BCUT2D eigenvalue weighted by Crippen LogP contribution is 2.03. The normalized spacial score (nSPS) is 16.0. The van der Waals surface area contributed by atoms with Crippen LogP contribution in [0.3, 0.4) is 0 Å². The van der Waals surface area contributed by atoms with Crippen LogP contribution in [0.25, 0.3) is 0 Å². The predicted octanol–water partition coefficient (Wildman–Crippen LogP) is -0.514. The molecule has 2 amide bonds. The van der Waals surface area contributed by atoms with Gasteiger partial charge in [-0.3, -0.25) is 4.79 Å². The van der Waals surface area contributed by atoms with Crippen molar-refractivity contribution in [2.75, 3.05) is 39.9 Å². The van der Waals surface area contributed by atoms with Crippen LogP contribution in [0.1, 0.15) is 19.8 Å². The van der Waals surface area contributed by atoms with Gasteiger partial charge in [0.1, 0.15) is 6.04 Å². The van der Waals surface area contributed by atoms with Crippen LogP contribution in [0, 0.1) is 0 Å². The molecule has 8 nitrogen and oxygen atoms in total. The molecule has 2 N–H and O–H groups in total. The van der Waals surface area contributed by atoms with E-state index in [-0.39, 0.29) is 18.6 Å². The maximum absolute atomic E-state index is 11.7. The standard InChI is InChI=1S/C13H23N3O5/c1-10(17)15-11(12(18)20-2)4-3-9-21-13(19)16-7-5-14-6-8-16/h11,14H,3-9H2,1-2H3,(H,15,17). The van der Waals surface area contributed by atoms with Crippen molar-refractivity contribution in [3.63, 3.8) is 0 Å². The number of esters is 1. The summed E-state index contributed by atoms with van der Waals surface area (Å²) in [5.74, 6) is -0.804. The quantitative estimate of drug-likeness (QED) is 0.506. The molecular formula is C13H23N3O5. The van der Waals surface area contributed by atoms with Crippen LogP contribution in [0.2, 0.25) is 0 Å². The van der Waals surface area contributed by atoms with Gasteiger partial charge in [0, 0.05) is 33.1 Å². The van der Waals surface area contributed by atoms with E-state index < -0.39 is 12.0 Å². The van der Waals surface area contributed by atoms with Crippen molar-refractivity contribution in [1.82, 2.24) is 15.5 Å². The van der Waals surface area contributed by atoms with Gasteiger partial charge in [0.15, 0.2) is 0 Å². The first-order valence-electron chi connectivity index (χ1n) is 7.02. The first kappa shape index (κ1) is 17.2. The molecule has 0 aromatic rings. The molecule has 1 atom stereocenters. The second kappa shape index (κ2) is 9.17. The van der Waals surface area contributed by atoms with Gasteiger partial charge in [0.2, 0.25) is 5.91 Å². The van der Waals surface area contributed by atoms with E-state index in [4.69, 9.17) is 4.74 Å². The van der Waals surface area contributed by atoms with Crippen LogP contribution in [-0.2, 0) is 19.1 Å². The van der Waals surface area contributed by atoms with E-state index >= 15 is 0 Å². The minimum atomic E-state index is -0.703. The molecule has 0 saturated carbocycles. The summed E-state index contributed by atoms with van der Waals surface area (Å²) in [6.07, 6.45) is 0.490. The van der Waals surface area contributed by atoms with Crippen LogP contribution in [-0.4, -0.2) is 68.8 Å². The Labute approximate surface area is 124 Å². The number of hydrogen-bond donors (Lipinski definition) is 2. The number of nitrogens with one attached hydrogen (secondary N) is 2. The Hall–Kier alpha value is -1.83. The summed E-state index contributed by atoms with van der Waals surface area (Å²) < 4.78 is 9.75. The third-order valence-electron chi connectivity index (χ3n) is 3.10. The smallest absolute Gasteiger partial charge is 0.409 e. The molecule has 0 aromatic carbocycles. The fourth-order valence-corrected chi connectivity index (χ4v) is 2.02. The van der Waals surface area contributed by atoms with Crippen LogP contribution in [0.15, 0.2) is 0 Å². The van der Waals surface area contributed by atoms with E-state index in [1.54, 1.807) is 4.90 Å². The van der Waals surface area contributed by atoms with Crippen LogP contribution >= 0.6 is 0 Å². The van der Waals surface area contributed by atoms with E-state index in [9.17, 15) is 14.4 Å². The zero-order valence-corrected chi connectivity index (χ0v) is 12.5. The lowest BCUT2D eigenvalue weighted by molar-refractivity contribution is -0.145. The lowest BCUT2D eigenvalue weighted by Crippen LogP contribution is -2.46. The third-order valence-corrected chi connectivity index (χ3v) is 3.10. The molecule has 120 valence electrons. The average molecular weight is 301 g/mol. The number of piperazine rings is 1. The summed E-state index contributed by atoms with van der Waals surface area (Å²) in [5.41, 5.74) is 0. The second-order valence-electron chi connectivity index (χ2n) is 4.77. The van der Waals surface area contributed by atoms with Crippen molar-refractivity contribution >= 4 is 18.0 Å². The summed E-state index contributed by atoms with van der Waals surface area (Å²) in [6, 6.07) is -0.703.